The molecule has 3 aromatic carbocycles. The Kier molecular flexibility index (Phi) is 9.04. The fraction of sp³-hybridized carbons (Fsp3) is 0.286. The van der Waals surface area contributed by atoms with Crippen molar-refractivity contribution in [3.8, 4) is 5.75 Å². The van der Waals surface area contributed by atoms with Crippen LogP contribution in [0.2, 0.25) is 10.0 Å². The van der Waals surface area contributed by atoms with Crippen LogP contribution in [0.15, 0.2) is 66.7 Å². The molecule has 1 amide bonds. The molecular weight excluding hydrogens is 556 g/mol. The molecule has 0 aromatic heterocycles. The lowest BCUT2D eigenvalue weighted by molar-refractivity contribution is -0.274. The lowest BCUT2D eigenvalue weighted by atomic mass is 9.94. The molecule has 1 saturated heterocycles. The van der Waals surface area contributed by atoms with Crippen molar-refractivity contribution in [1.82, 2.24) is 10.2 Å². The summed E-state index contributed by atoms with van der Waals surface area (Å²) in [6.45, 7) is 1.21. The van der Waals surface area contributed by atoms with Crippen molar-refractivity contribution in [3.05, 3.63) is 99.0 Å². The zero-order chi connectivity index (χ0) is 28.2. The number of ether oxygens (including phenoxy) is 1. The van der Waals surface area contributed by atoms with E-state index < -0.39 is 12.3 Å². The molecule has 2 atom stereocenters. The topological polar surface area (TPSA) is 78.9 Å². The molecule has 1 aliphatic rings. The summed E-state index contributed by atoms with van der Waals surface area (Å²) in [6, 6.07) is 18.2. The number of nitrogens with one attached hydrogen (secondary N) is 1. The first kappa shape index (κ1) is 28.7. The molecular formula is C28H25Cl2F3N2O4. The number of aliphatic carboxylic acids is 1. The van der Waals surface area contributed by atoms with Crippen LogP contribution in [0.4, 0.5) is 13.2 Å². The lowest BCUT2D eigenvalue weighted by Gasteiger charge is -2.25. The second-order valence-corrected chi connectivity index (χ2v) is 10.2. The third kappa shape index (κ3) is 8.11. The van der Waals surface area contributed by atoms with E-state index in [1.807, 2.05) is 24.3 Å². The number of amides is 1. The van der Waals surface area contributed by atoms with Crippen LogP contribution < -0.4 is 10.1 Å². The third-order valence-electron chi connectivity index (χ3n) is 6.48. The van der Waals surface area contributed by atoms with Crippen molar-refractivity contribution in [2.24, 2.45) is 0 Å². The van der Waals surface area contributed by atoms with Gasteiger partial charge in [-0.15, -0.1) is 13.2 Å². The van der Waals surface area contributed by atoms with Crippen LogP contribution in [-0.4, -0.2) is 41.3 Å². The van der Waals surface area contributed by atoms with Crippen molar-refractivity contribution in [3.63, 3.8) is 0 Å². The molecule has 3 aromatic rings. The van der Waals surface area contributed by atoms with Gasteiger partial charge in [-0.2, -0.15) is 0 Å². The summed E-state index contributed by atoms with van der Waals surface area (Å²) in [7, 11) is 0. The Hall–Kier alpha value is -3.27. The van der Waals surface area contributed by atoms with Crippen LogP contribution in [0.1, 0.15) is 51.8 Å². The Morgan fingerprint density at radius 2 is 1.62 bits per heavy atom. The number of benzene rings is 3. The number of hydrogen-bond acceptors (Lipinski definition) is 4. The fourth-order valence-electron chi connectivity index (χ4n) is 4.75. The first-order valence-corrected chi connectivity index (χ1v) is 12.9. The van der Waals surface area contributed by atoms with Gasteiger partial charge in [0.25, 0.3) is 5.91 Å². The van der Waals surface area contributed by atoms with Gasteiger partial charge in [0.2, 0.25) is 0 Å². The molecule has 39 heavy (non-hydrogen) atoms. The second kappa shape index (κ2) is 12.3. The van der Waals surface area contributed by atoms with Crippen molar-refractivity contribution in [2.75, 3.05) is 13.1 Å². The molecule has 0 unspecified atom stereocenters. The Morgan fingerprint density at radius 1 is 0.974 bits per heavy atom. The van der Waals surface area contributed by atoms with Crippen LogP contribution in [0, 0.1) is 0 Å². The summed E-state index contributed by atoms with van der Waals surface area (Å²) < 4.78 is 41.9. The van der Waals surface area contributed by atoms with Gasteiger partial charge in [-0.05, 0) is 71.5 Å². The average molecular weight is 581 g/mol. The molecule has 206 valence electrons. The first-order chi connectivity index (χ1) is 18.5. The van der Waals surface area contributed by atoms with Crippen molar-refractivity contribution < 1.29 is 32.6 Å². The molecule has 0 radical (unpaired) electrons. The number of likely N-dealkylation sites (tertiary alicyclic amines) is 1. The summed E-state index contributed by atoms with van der Waals surface area (Å²) in [5.74, 6) is -1.56. The Labute approximate surface area is 233 Å². The number of hydrogen-bond donors (Lipinski definition) is 2. The summed E-state index contributed by atoms with van der Waals surface area (Å²) in [5, 5.41) is 12.4. The maximum Gasteiger partial charge on any atom is 0.573 e. The van der Waals surface area contributed by atoms with Gasteiger partial charge in [0.15, 0.2) is 0 Å². The van der Waals surface area contributed by atoms with Crippen molar-refractivity contribution >= 4 is 35.1 Å². The maximum atomic E-state index is 12.6. The number of alkyl halides is 3. The highest BCUT2D eigenvalue weighted by Gasteiger charge is 2.35. The zero-order valence-corrected chi connectivity index (χ0v) is 22.1. The summed E-state index contributed by atoms with van der Waals surface area (Å²) in [5.41, 5.74) is 3.16. The quantitative estimate of drug-likeness (QED) is 0.290. The summed E-state index contributed by atoms with van der Waals surface area (Å²) >= 11 is 12.5. The minimum Gasteiger partial charge on any atom is -0.481 e. The fourth-order valence-corrected chi connectivity index (χ4v) is 5.29. The van der Waals surface area contributed by atoms with Gasteiger partial charge in [-0.25, -0.2) is 0 Å². The van der Waals surface area contributed by atoms with E-state index in [2.05, 4.69) is 15.0 Å². The van der Waals surface area contributed by atoms with E-state index >= 15 is 0 Å². The van der Waals surface area contributed by atoms with E-state index in [4.69, 9.17) is 28.3 Å². The predicted molar refractivity (Wildman–Crippen MR) is 141 cm³/mol. The number of halogens is 5. The number of carbonyl (C=O) groups is 2. The Morgan fingerprint density at radius 3 is 2.21 bits per heavy atom. The standard InChI is InChI=1S/C28H25Cl2F3N2O4/c29-22-11-20(12-23(30)14-22)21-13-25(18-5-7-24(8-6-18)39-28(31,32)33)35(16-21)15-17-1-3-19(4-2-17)27(38)34-10-9-26(36)37/h1-8,11-12,14,21,25H,9-10,13,15-16H2,(H,34,38)(H,36,37)/t21-,25-/m1/s1. The molecule has 2 N–H and O–H groups in total. The van der Waals surface area contributed by atoms with Gasteiger partial charge in [0, 0.05) is 41.3 Å². The van der Waals surface area contributed by atoms with Gasteiger partial charge in [-0.3, -0.25) is 14.5 Å². The monoisotopic (exact) mass is 580 g/mol. The largest absolute Gasteiger partial charge is 0.573 e. The van der Waals surface area contributed by atoms with E-state index in [0.29, 0.717) is 35.1 Å². The van der Waals surface area contributed by atoms with E-state index in [0.717, 1.165) is 16.7 Å². The van der Waals surface area contributed by atoms with Gasteiger partial charge in [0.05, 0.1) is 6.42 Å². The highest BCUT2D eigenvalue weighted by atomic mass is 35.5. The number of nitrogens with zero attached hydrogens (tertiary/aromatic N) is 1. The van der Waals surface area contributed by atoms with Gasteiger partial charge in [-0.1, -0.05) is 47.5 Å². The second-order valence-electron chi connectivity index (χ2n) is 9.29. The van der Waals surface area contributed by atoms with E-state index in [-0.39, 0.29) is 36.6 Å². The molecule has 0 bridgehead atoms. The maximum absolute atomic E-state index is 12.6. The van der Waals surface area contributed by atoms with Crippen molar-refractivity contribution in [2.45, 2.75) is 37.7 Å². The highest BCUT2D eigenvalue weighted by molar-refractivity contribution is 6.34. The van der Waals surface area contributed by atoms with Gasteiger partial charge < -0.3 is 15.2 Å². The normalized spacial score (nSPS) is 17.7. The number of carboxylic acids is 1. The molecule has 6 nitrogen and oxygen atoms in total. The summed E-state index contributed by atoms with van der Waals surface area (Å²) in [6.07, 6.45) is -4.24. The molecule has 0 aliphatic carbocycles. The lowest BCUT2D eigenvalue weighted by Crippen LogP contribution is -2.26. The van der Waals surface area contributed by atoms with Crippen molar-refractivity contribution in [1.29, 1.82) is 0 Å². The SMILES string of the molecule is O=C(O)CCNC(=O)c1ccc(CN2C[C@H](c3cc(Cl)cc(Cl)c3)C[C@@H]2c2ccc(OC(F)(F)F)cc2)cc1. The molecule has 1 aliphatic heterocycles. The van der Waals surface area contributed by atoms with Gasteiger partial charge in [0.1, 0.15) is 5.75 Å². The van der Waals surface area contributed by atoms with E-state index in [9.17, 15) is 22.8 Å². The molecule has 0 spiro atoms. The first-order valence-electron chi connectivity index (χ1n) is 12.1. The van der Waals surface area contributed by atoms with Crippen LogP contribution in [-0.2, 0) is 11.3 Å². The predicted octanol–water partition coefficient (Wildman–Crippen LogP) is 6.83. The Bertz CT molecular complexity index is 1300. The number of rotatable bonds is 9. The molecule has 0 saturated carbocycles. The minimum atomic E-state index is -4.77. The molecule has 11 heteroatoms. The number of carbonyl (C=O) groups excluding carboxylic acids is 1. The van der Waals surface area contributed by atoms with Gasteiger partial charge >= 0.3 is 12.3 Å². The van der Waals surface area contributed by atoms with E-state index in [1.54, 1.807) is 30.3 Å². The Balaban J connectivity index is 1.53. The average Bonchev–Trinajstić information content (AvgIpc) is 3.27. The van der Waals surface area contributed by atoms with Crippen LogP contribution >= 0.6 is 23.2 Å². The molecule has 1 fully saturated rings. The summed E-state index contributed by atoms with van der Waals surface area (Å²) in [4.78, 5) is 25.1. The highest BCUT2D eigenvalue weighted by Crippen LogP contribution is 2.43. The third-order valence-corrected chi connectivity index (χ3v) is 6.92. The number of carboxylic acid groups (broad SMARTS) is 1. The molecule has 4 rings (SSSR count). The van der Waals surface area contributed by atoms with Crippen LogP contribution in [0.5, 0.6) is 5.75 Å². The van der Waals surface area contributed by atoms with Crippen LogP contribution in [0.25, 0.3) is 0 Å². The minimum absolute atomic E-state index is 0.0348. The zero-order valence-electron chi connectivity index (χ0n) is 20.6. The molecule has 1 heterocycles. The smallest absolute Gasteiger partial charge is 0.481 e. The van der Waals surface area contributed by atoms with E-state index in [1.165, 1.54) is 12.1 Å². The van der Waals surface area contributed by atoms with Crippen LogP contribution in [0.3, 0.4) is 0 Å².